The van der Waals surface area contributed by atoms with Crippen molar-refractivity contribution in [2.24, 2.45) is 0 Å². The van der Waals surface area contributed by atoms with Crippen LogP contribution in [0, 0.1) is 6.92 Å². The monoisotopic (exact) mass is 261 g/mol. The van der Waals surface area contributed by atoms with Crippen molar-refractivity contribution in [3.63, 3.8) is 0 Å². The molecule has 1 aliphatic heterocycles. The molecule has 0 aliphatic carbocycles. The molecule has 4 nitrogen and oxygen atoms in total. The van der Waals surface area contributed by atoms with Gasteiger partial charge in [-0.15, -0.1) is 0 Å². The van der Waals surface area contributed by atoms with Crippen LogP contribution in [0.15, 0.2) is 10.8 Å². The van der Waals surface area contributed by atoms with Crippen molar-refractivity contribution in [3.8, 4) is 11.4 Å². The first-order valence-electron chi connectivity index (χ1n) is 5.98. The Labute approximate surface area is 110 Å². The highest BCUT2D eigenvalue weighted by Crippen LogP contribution is 2.29. The highest BCUT2D eigenvalue weighted by molar-refractivity contribution is 7.08. The standard InChI is InChI=1S/C13H15N3OS/c1-8-6-18-7-10(8)13-15-11-3-4-17-5-9(11)12(14-2)16-13/h6-7H,3-5H2,1-2H3,(H,14,15,16). The van der Waals surface area contributed by atoms with Gasteiger partial charge in [-0.25, -0.2) is 9.97 Å². The highest BCUT2D eigenvalue weighted by atomic mass is 32.1. The van der Waals surface area contributed by atoms with E-state index in [0.29, 0.717) is 6.61 Å². The molecule has 0 unspecified atom stereocenters. The van der Waals surface area contributed by atoms with Gasteiger partial charge in [-0.05, 0) is 17.9 Å². The number of anilines is 1. The molecule has 1 aliphatic rings. The lowest BCUT2D eigenvalue weighted by molar-refractivity contribution is 0.109. The van der Waals surface area contributed by atoms with Gasteiger partial charge in [0.25, 0.3) is 0 Å². The first kappa shape index (κ1) is 11.6. The van der Waals surface area contributed by atoms with Crippen LogP contribution in [0.2, 0.25) is 0 Å². The lowest BCUT2D eigenvalue weighted by Crippen LogP contribution is -2.16. The first-order chi connectivity index (χ1) is 8.79. The van der Waals surface area contributed by atoms with Crippen molar-refractivity contribution >= 4 is 17.2 Å². The minimum Gasteiger partial charge on any atom is -0.376 e. The number of nitrogens with one attached hydrogen (secondary N) is 1. The fraction of sp³-hybridized carbons (Fsp3) is 0.385. The third-order valence-electron chi connectivity index (χ3n) is 3.16. The minimum atomic E-state index is 0.606. The zero-order chi connectivity index (χ0) is 12.5. The summed E-state index contributed by atoms with van der Waals surface area (Å²) in [6.45, 7) is 3.44. The van der Waals surface area contributed by atoms with Crippen LogP contribution in [-0.2, 0) is 17.8 Å². The quantitative estimate of drug-likeness (QED) is 0.902. The Kier molecular flexibility index (Phi) is 3.01. The Morgan fingerprint density at radius 3 is 2.94 bits per heavy atom. The number of hydrogen-bond donors (Lipinski definition) is 1. The Hall–Kier alpha value is -1.46. The van der Waals surface area contributed by atoms with Crippen LogP contribution in [0.1, 0.15) is 16.8 Å². The van der Waals surface area contributed by atoms with E-state index < -0.39 is 0 Å². The van der Waals surface area contributed by atoms with Crippen molar-refractivity contribution in [2.75, 3.05) is 19.0 Å². The van der Waals surface area contributed by atoms with Crippen molar-refractivity contribution in [3.05, 3.63) is 27.6 Å². The maximum absolute atomic E-state index is 5.47. The molecule has 18 heavy (non-hydrogen) atoms. The third kappa shape index (κ3) is 1.89. The second-order valence-electron chi connectivity index (χ2n) is 4.34. The van der Waals surface area contributed by atoms with E-state index in [1.54, 1.807) is 11.3 Å². The van der Waals surface area contributed by atoms with Crippen molar-refractivity contribution < 1.29 is 4.74 Å². The molecule has 94 valence electrons. The molecule has 0 bridgehead atoms. The van der Waals surface area contributed by atoms with Gasteiger partial charge in [0.15, 0.2) is 5.82 Å². The van der Waals surface area contributed by atoms with Gasteiger partial charge in [-0.3, -0.25) is 0 Å². The highest BCUT2D eigenvalue weighted by Gasteiger charge is 2.18. The Morgan fingerprint density at radius 2 is 2.22 bits per heavy atom. The summed E-state index contributed by atoms with van der Waals surface area (Å²) in [6.07, 6.45) is 0.864. The molecule has 0 atom stereocenters. The van der Waals surface area contributed by atoms with Gasteiger partial charge in [0.2, 0.25) is 0 Å². The van der Waals surface area contributed by atoms with Crippen LogP contribution < -0.4 is 5.32 Å². The van der Waals surface area contributed by atoms with Gasteiger partial charge in [0.05, 0.1) is 18.9 Å². The number of rotatable bonds is 2. The summed E-state index contributed by atoms with van der Waals surface area (Å²) in [6, 6.07) is 0. The predicted octanol–water partition coefficient (Wildman–Crippen LogP) is 2.63. The van der Waals surface area contributed by atoms with Crippen molar-refractivity contribution in [2.45, 2.75) is 20.0 Å². The molecular weight excluding hydrogens is 246 g/mol. The zero-order valence-corrected chi connectivity index (χ0v) is 11.3. The molecule has 0 radical (unpaired) electrons. The molecule has 1 N–H and O–H groups in total. The van der Waals surface area contributed by atoms with Crippen LogP contribution in [-0.4, -0.2) is 23.6 Å². The summed E-state index contributed by atoms with van der Waals surface area (Å²) in [5, 5.41) is 7.38. The average molecular weight is 261 g/mol. The Bertz CT molecular complexity index is 562. The van der Waals surface area contributed by atoms with Gasteiger partial charge >= 0.3 is 0 Å². The topological polar surface area (TPSA) is 47.0 Å². The van der Waals surface area contributed by atoms with Crippen molar-refractivity contribution in [1.82, 2.24) is 9.97 Å². The van der Waals surface area contributed by atoms with Crippen LogP contribution in [0.5, 0.6) is 0 Å². The molecule has 0 aromatic carbocycles. The number of thiophene rings is 1. The molecule has 0 saturated heterocycles. The summed E-state index contributed by atoms with van der Waals surface area (Å²) in [5.74, 6) is 1.71. The van der Waals surface area contributed by atoms with Crippen LogP contribution in [0.25, 0.3) is 11.4 Å². The number of ether oxygens (including phenoxy) is 1. The molecule has 2 aromatic rings. The second-order valence-corrected chi connectivity index (χ2v) is 5.09. The SMILES string of the molecule is CNc1nc(-c2cscc2C)nc2c1COCC2. The predicted molar refractivity (Wildman–Crippen MR) is 73.0 cm³/mol. The van der Waals surface area contributed by atoms with Crippen LogP contribution in [0.3, 0.4) is 0 Å². The maximum atomic E-state index is 5.47. The average Bonchev–Trinajstić information content (AvgIpc) is 2.83. The summed E-state index contributed by atoms with van der Waals surface area (Å²) >= 11 is 1.69. The van der Waals surface area contributed by atoms with Crippen LogP contribution in [0.4, 0.5) is 5.82 Å². The Balaban J connectivity index is 2.14. The van der Waals surface area contributed by atoms with Gasteiger partial charge in [-0.1, -0.05) is 0 Å². The molecule has 2 aromatic heterocycles. The molecule has 0 fully saturated rings. The summed E-state index contributed by atoms with van der Waals surface area (Å²) in [5.41, 5.74) is 4.57. The molecule has 0 spiro atoms. The van der Waals surface area contributed by atoms with Gasteiger partial charge in [0.1, 0.15) is 5.82 Å². The molecule has 3 rings (SSSR count). The normalized spacial score (nSPS) is 14.3. The fourth-order valence-electron chi connectivity index (χ4n) is 2.15. The summed E-state index contributed by atoms with van der Waals surface area (Å²) in [7, 11) is 1.89. The number of aryl methyl sites for hydroxylation is 1. The zero-order valence-electron chi connectivity index (χ0n) is 10.5. The van der Waals surface area contributed by atoms with E-state index in [9.17, 15) is 0 Å². The first-order valence-corrected chi connectivity index (χ1v) is 6.92. The smallest absolute Gasteiger partial charge is 0.162 e. The number of aromatic nitrogens is 2. The molecule has 0 saturated carbocycles. The molecule has 3 heterocycles. The third-order valence-corrected chi connectivity index (χ3v) is 4.02. The van der Waals surface area contributed by atoms with E-state index in [1.807, 2.05) is 7.05 Å². The number of nitrogens with zero attached hydrogens (tertiary/aromatic N) is 2. The van der Waals surface area contributed by atoms with E-state index in [0.717, 1.165) is 41.5 Å². The fourth-order valence-corrected chi connectivity index (χ4v) is 2.98. The molecular formula is C13H15N3OS. The summed E-state index contributed by atoms with van der Waals surface area (Å²) in [4.78, 5) is 9.31. The van der Waals surface area contributed by atoms with Gasteiger partial charge < -0.3 is 10.1 Å². The minimum absolute atomic E-state index is 0.606. The molecule has 5 heteroatoms. The molecule has 0 amide bonds. The van der Waals surface area contributed by atoms with Gasteiger partial charge in [0, 0.05) is 30.0 Å². The number of fused-ring (bicyclic) bond motifs is 1. The lowest BCUT2D eigenvalue weighted by Gasteiger charge is -2.19. The van der Waals surface area contributed by atoms with E-state index >= 15 is 0 Å². The second kappa shape index (κ2) is 4.66. The lowest BCUT2D eigenvalue weighted by atomic mass is 10.1. The summed E-state index contributed by atoms with van der Waals surface area (Å²) < 4.78 is 5.47. The number of hydrogen-bond acceptors (Lipinski definition) is 5. The van der Waals surface area contributed by atoms with E-state index in [1.165, 1.54) is 5.56 Å². The van der Waals surface area contributed by atoms with Crippen molar-refractivity contribution in [1.29, 1.82) is 0 Å². The van der Waals surface area contributed by atoms with Crippen LogP contribution >= 0.6 is 11.3 Å². The Morgan fingerprint density at radius 1 is 1.33 bits per heavy atom. The van der Waals surface area contributed by atoms with E-state index in [-0.39, 0.29) is 0 Å². The van der Waals surface area contributed by atoms with Gasteiger partial charge in [-0.2, -0.15) is 11.3 Å². The van der Waals surface area contributed by atoms with E-state index in [2.05, 4.69) is 28.0 Å². The largest absolute Gasteiger partial charge is 0.376 e. The maximum Gasteiger partial charge on any atom is 0.162 e. The van der Waals surface area contributed by atoms with E-state index in [4.69, 9.17) is 9.72 Å².